The first-order valence-electron chi connectivity index (χ1n) is 6.28. The van der Waals surface area contributed by atoms with Gasteiger partial charge in [0.15, 0.2) is 9.84 Å². The highest BCUT2D eigenvalue weighted by molar-refractivity contribution is 7.92. The summed E-state index contributed by atoms with van der Waals surface area (Å²) in [5, 5.41) is -0.388. The Balaban J connectivity index is 2.64. The van der Waals surface area contributed by atoms with Crippen LogP contribution in [0.25, 0.3) is 0 Å². The Hall–Kier alpha value is -0.870. The molecule has 0 amide bonds. The van der Waals surface area contributed by atoms with E-state index in [1.165, 1.54) is 0 Å². The summed E-state index contributed by atoms with van der Waals surface area (Å²) in [6.07, 6.45) is 0.503. The summed E-state index contributed by atoms with van der Waals surface area (Å²) in [6.45, 7) is 8.07. The van der Waals surface area contributed by atoms with Gasteiger partial charge in [-0.3, -0.25) is 0 Å². The summed E-state index contributed by atoms with van der Waals surface area (Å²) in [6, 6.07) is 5.41. The van der Waals surface area contributed by atoms with Crippen molar-refractivity contribution in [2.24, 2.45) is 5.73 Å². The summed E-state index contributed by atoms with van der Waals surface area (Å²) >= 11 is 0. The van der Waals surface area contributed by atoms with E-state index < -0.39 is 9.84 Å². The van der Waals surface area contributed by atoms with E-state index in [0.717, 1.165) is 11.1 Å². The summed E-state index contributed by atoms with van der Waals surface area (Å²) in [5.74, 6) is 0. The number of fused-ring (bicyclic) bond motifs is 1. The number of benzene rings is 1. The van der Waals surface area contributed by atoms with Gasteiger partial charge < -0.3 is 5.73 Å². The Bertz CT molecular complexity index is 570. The fourth-order valence-electron chi connectivity index (χ4n) is 2.39. The third-order valence-electron chi connectivity index (χ3n) is 3.70. The van der Waals surface area contributed by atoms with Crippen molar-refractivity contribution < 1.29 is 8.42 Å². The molecule has 0 saturated carbocycles. The van der Waals surface area contributed by atoms with Gasteiger partial charge in [-0.1, -0.05) is 32.9 Å². The lowest BCUT2D eigenvalue weighted by Crippen LogP contribution is -2.31. The first kappa shape index (κ1) is 13.6. The monoisotopic (exact) mass is 267 g/mol. The summed E-state index contributed by atoms with van der Waals surface area (Å²) in [7, 11) is -3.20. The lowest BCUT2D eigenvalue weighted by atomic mass is 9.85. The van der Waals surface area contributed by atoms with E-state index in [1.807, 2.05) is 12.1 Å². The summed E-state index contributed by atoms with van der Waals surface area (Å²) < 4.78 is 24.5. The smallest absolute Gasteiger partial charge is 0.181 e. The maximum absolute atomic E-state index is 12.3. The number of rotatable bonds is 0. The summed E-state index contributed by atoms with van der Waals surface area (Å²) in [4.78, 5) is 0.418. The van der Waals surface area contributed by atoms with Crippen molar-refractivity contribution in [2.75, 3.05) is 0 Å². The number of hydrogen-bond acceptors (Lipinski definition) is 3. The van der Waals surface area contributed by atoms with Crippen molar-refractivity contribution in [3.63, 3.8) is 0 Å². The molecule has 2 N–H and O–H groups in total. The second-order valence-electron chi connectivity index (χ2n) is 6.20. The number of hydrogen-bond donors (Lipinski definition) is 1. The molecular weight excluding hydrogens is 246 g/mol. The van der Waals surface area contributed by atoms with Crippen molar-refractivity contribution in [2.45, 2.75) is 55.7 Å². The maximum Gasteiger partial charge on any atom is 0.181 e. The van der Waals surface area contributed by atoms with Gasteiger partial charge in [0.1, 0.15) is 0 Å². The van der Waals surface area contributed by atoms with Crippen LogP contribution in [0.15, 0.2) is 23.1 Å². The van der Waals surface area contributed by atoms with Gasteiger partial charge in [0.25, 0.3) is 0 Å². The molecule has 1 heterocycles. The fraction of sp³-hybridized carbons (Fsp3) is 0.571. The van der Waals surface area contributed by atoms with Crippen molar-refractivity contribution in [1.82, 2.24) is 0 Å². The van der Waals surface area contributed by atoms with E-state index in [4.69, 9.17) is 5.73 Å². The zero-order valence-electron chi connectivity index (χ0n) is 11.4. The minimum Gasteiger partial charge on any atom is -0.324 e. The van der Waals surface area contributed by atoms with Crippen LogP contribution in [0.4, 0.5) is 0 Å². The zero-order valence-corrected chi connectivity index (χ0v) is 12.2. The van der Waals surface area contributed by atoms with Gasteiger partial charge in [-0.25, -0.2) is 8.42 Å². The maximum atomic E-state index is 12.3. The Kier molecular flexibility index (Phi) is 3.06. The molecule has 0 aromatic heterocycles. The molecule has 0 spiro atoms. The SMILES string of the molecule is CC1CC(N)c2cc(C(C)(C)C)ccc2S1(=O)=O. The molecule has 2 unspecified atom stereocenters. The lowest BCUT2D eigenvalue weighted by Gasteiger charge is -2.29. The van der Waals surface area contributed by atoms with Crippen LogP contribution >= 0.6 is 0 Å². The molecule has 1 aliphatic heterocycles. The Morgan fingerprint density at radius 1 is 1.28 bits per heavy atom. The molecule has 0 saturated heterocycles. The predicted molar refractivity (Wildman–Crippen MR) is 73.3 cm³/mol. The van der Waals surface area contributed by atoms with Gasteiger partial charge in [0.2, 0.25) is 0 Å². The molecule has 18 heavy (non-hydrogen) atoms. The van der Waals surface area contributed by atoms with Crippen LogP contribution in [-0.4, -0.2) is 13.7 Å². The molecule has 2 rings (SSSR count). The molecule has 1 aromatic rings. The Labute approximate surface area is 109 Å². The van der Waals surface area contributed by atoms with Crippen molar-refractivity contribution in [1.29, 1.82) is 0 Å². The highest BCUT2D eigenvalue weighted by Gasteiger charge is 2.35. The quantitative estimate of drug-likeness (QED) is 0.786. The van der Waals surface area contributed by atoms with E-state index in [1.54, 1.807) is 13.0 Å². The molecule has 0 aliphatic carbocycles. The zero-order chi connectivity index (χ0) is 13.7. The molecule has 1 aliphatic rings. The molecule has 1 aromatic carbocycles. The minimum atomic E-state index is -3.20. The largest absolute Gasteiger partial charge is 0.324 e. The lowest BCUT2D eigenvalue weighted by molar-refractivity contribution is 0.533. The van der Waals surface area contributed by atoms with Gasteiger partial charge in [-0.15, -0.1) is 0 Å². The molecule has 2 atom stereocenters. The van der Waals surface area contributed by atoms with Crippen molar-refractivity contribution in [3.05, 3.63) is 29.3 Å². The van der Waals surface area contributed by atoms with E-state index in [0.29, 0.717) is 11.3 Å². The molecule has 0 bridgehead atoms. The molecule has 4 heteroatoms. The highest BCUT2D eigenvalue weighted by Crippen LogP contribution is 2.37. The van der Waals surface area contributed by atoms with E-state index in [9.17, 15) is 8.42 Å². The minimum absolute atomic E-state index is 0.00156. The highest BCUT2D eigenvalue weighted by atomic mass is 32.2. The molecule has 0 radical (unpaired) electrons. The molecule has 0 fully saturated rings. The van der Waals surface area contributed by atoms with Crippen LogP contribution < -0.4 is 5.73 Å². The fourth-order valence-corrected chi connectivity index (χ4v) is 4.08. The van der Waals surface area contributed by atoms with Gasteiger partial charge >= 0.3 is 0 Å². The van der Waals surface area contributed by atoms with Crippen LogP contribution in [0.1, 0.15) is 51.3 Å². The van der Waals surface area contributed by atoms with Crippen LogP contribution in [0.5, 0.6) is 0 Å². The molecule has 100 valence electrons. The van der Waals surface area contributed by atoms with Crippen molar-refractivity contribution >= 4 is 9.84 Å². The summed E-state index contributed by atoms with van der Waals surface area (Å²) in [5.41, 5.74) is 8.01. The third-order valence-corrected chi connectivity index (χ3v) is 5.93. The standard InChI is InChI=1S/C14H21NO2S/c1-9-7-12(15)11-8-10(14(2,3)4)5-6-13(11)18(9,16)17/h5-6,8-9,12H,7,15H2,1-4H3. The third kappa shape index (κ3) is 2.08. The first-order valence-corrected chi connectivity index (χ1v) is 7.82. The second kappa shape index (κ2) is 4.07. The van der Waals surface area contributed by atoms with Crippen LogP contribution in [0, 0.1) is 0 Å². The van der Waals surface area contributed by atoms with Gasteiger partial charge in [0.05, 0.1) is 10.1 Å². The topological polar surface area (TPSA) is 60.2 Å². The normalized spacial score (nSPS) is 26.7. The number of sulfone groups is 1. The van der Waals surface area contributed by atoms with E-state index in [-0.39, 0.29) is 16.7 Å². The van der Waals surface area contributed by atoms with Crippen molar-refractivity contribution in [3.8, 4) is 0 Å². The Morgan fingerprint density at radius 3 is 2.44 bits per heavy atom. The average Bonchev–Trinajstić information content (AvgIpc) is 2.25. The van der Waals surface area contributed by atoms with Gasteiger partial charge in [0, 0.05) is 6.04 Å². The average molecular weight is 267 g/mol. The number of nitrogens with two attached hydrogens (primary N) is 1. The van der Waals surface area contributed by atoms with Crippen LogP contribution in [0.2, 0.25) is 0 Å². The predicted octanol–water partition coefficient (Wildman–Crippen LogP) is 2.55. The van der Waals surface area contributed by atoms with E-state index >= 15 is 0 Å². The molecular formula is C14H21NO2S. The Morgan fingerprint density at radius 2 is 1.89 bits per heavy atom. The van der Waals surface area contributed by atoms with Crippen LogP contribution in [0.3, 0.4) is 0 Å². The first-order chi connectivity index (χ1) is 8.14. The van der Waals surface area contributed by atoms with Crippen LogP contribution in [-0.2, 0) is 15.3 Å². The van der Waals surface area contributed by atoms with Gasteiger partial charge in [-0.2, -0.15) is 0 Å². The van der Waals surface area contributed by atoms with E-state index in [2.05, 4.69) is 20.8 Å². The molecule has 3 nitrogen and oxygen atoms in total. The van der Waals surface area contributed by atoms with Gasteiger partial charge in [-0.05, 0) is 36.0 Å². The second-order valence-corrected chi connectivity index (χ2v) is 8.54.